The lowest BCUT2D eigenvalue weighted by atomic mass is 10.4. The molecule has 0 aliphatic heterocycles. The molecule has 0 aliphatic rings. The van der Waals surface area contributed by atoms with E-state index in [9.17, 15) is 12.8 Å². The van der Waals surface area contributed by atoms with Crippen LogP contribution < -0.4 is 21.3 Å². The van der Waals surface area contributed by atoms with Crippen LogP contribution >= 0.6 is 0 Å². The highest BCUT2D eigenvalue weighted by Crippen LogP contribution is 2.10. The first-order chi connectivity index (χ1) is 8.42. The Balaban J connectivity index is 2.39. The first kappa shape index (κ1) is 14.5. The van der Waals surface area contributed by atoms with Gasteiger partial charge in [-0.1, -0.05) is 0 Å². The number of aromatic nitrogens is 2. The fourth-order valence-electron chi connectivity index (χ4n) is 1.11. The zero-order valence-corrected chi connectivity index (χ0v) is 10.6. The highest BCUT2D eigenvalue weighted by molar-refractivity contribution is 7.88. The largest absolute Gasteiger partial charge is 0.367 e. The molecule has 8 nitrogen and oxygen atoms in total. The van der Waals surface area contributed by atoms with Crippen molar-refractivity contribution in [2.75, 3.05) is 30.1 Å². The van der Waals surface area contributed by atoms with Crippen LogP contribution in [0.4, 0.5) is 16.2 Å². The Morgan fingerprint density at radius 1 is 1.44 bits per heavy atom. The lowest BCUT2D eigenvalue weighted by Crippen LogP contribution is -2.24. The molecule has 0 bridgehead atoms. The number of hydrogen-bond donors (Lipinski definition) is 4. The Labute approximate surface area is 104 Å². The van der Waals surface area contributed by atoms with Crippen LogP contribution in [0.3, 0.4) is 0 Å². The van der Waals surface area contributed by atoms with Gasteiger partial charge in [0.1, 0.15) is 0 Å². The second-order valence-electron chi connectivity index (χ2n) is 3.48. The summed E-state index contributed by atoms with van der Waals surface area (Å²) in [6.45, 7) is 0.626. The third-order valence-electron chi connectivity index (χ3n) is 1.88. The predicted molar refractivity (Wildman–Crippen MR) is 65.8 cm³/mol. The highest BCUT2D eigenvalue weighted by Gasteiger charge is 2.05. The number of sulfonamides is 1. The molecule has 1 rings (SSSR count). The van der Waals surface area contributed by atoms with Gasteiger partial charge in [0, 0.05) is 13.1 Å². The van der Waals surface area contributed by atoms with E-state index in [4.69, 9.17) is 5.84 Å². The molecule has 1 aromatic heterocycles. The molecule has 1 aromatic rings. The molecule has 0 amide bonds. The van der Waals surface area contributed by atoms with E-state index in [0.717, 1.165) is 12.5 Å². The second-order valence-corrected chi connectivity index (χ2v) is 5.31. The van der Waals surface area contributed by atoms with Crippen LogP contribution in [0.5, 0.6) is 0 Å². The van der Waals surface area contributed by atoms with E-state index >= 15 is 0 Å². The Morgan fingerprint density at radius 2 is 2.17 bits per heavy atom. The lowest BCUT2D eigenvalue weighted by molar-refractivity contribution is 0.585. The van der Waals surface area contributed by atoms with E-state index in [1.165, 1.54) is 0 Å². The normalized spacial score (nSPS) is 11.3. The first-order valence-electron chi connectivity index (χ1n) is 5.10. The molecule has 10 heteroatoms. The monoisotopic (exact) mass is 278 g/mol. The summed E-state index contributed by atoms with van der Waals surface area (Å²) in [5.41, 5.74) is 2.20. The summed E-state index contributed by atoms with van der Waals surface area (Å²) in [6.07, 6.45) is 2.55. The van der Waals surface area contributed by atoms with Crippen molar-refractivity contribution < 1.29 is 12.8 Å². The van der Waals surface area contributed by atoms with Gasteiger partial charge >= 0.3 is 0 Å². The molecule has 18 heavy (non-hydrogen) atoms. The molecule has 1 heterocycles. The summed E-state index contributed by atoms with van der Waals surface area (Å²) in [5.74, 6) is 4.59. The summed E-state index contributed by atoms with van der Waals surface area (Å²) in [6, 6.07) is 0. The van der Waals surface area contributed by atoms with Crippen molar-refractivity contribution in [2.24, 2.45) is 5.84 Å². The third kappa shape index (κ3) is 5.21. The minimum absolute atomic E-state index is 0.0114. The van der Waals surface area contributed by atoms with Crippen LogP contribution in [0.25, 0.3) is 0 Å². The summed E-state index contributed by atoms with van der Waals surface area (Å²) >= 11 is 0. The number of hydrazine groups is 1. The lowest BCUT2D eigenvalue weighted by Gasteiger charge is -2.07. The smallest absolute Gasteiger partial charge is 0.239 e. The zero-order valence-electron chi connectivity index (χ0n) is 9.77. The first-order valence-corrected chi connectivity index (χ1v) is 6.99. The summed E-state index contributed by atoms with van der Waals surface area (Å²) in [7, 11) is -3.19. The summed E-state index contributed by atoms with van der Waals surface area (Å²) < 4.78 is 37.1. The van der Waals surface area contributed by atoms with Crippen LogP contribution in [0.2, 0.25) is 0 Å². The molecule has 0 saturated heterocycles. The van der Waals surface area contributed by atoms with Crippen LogP contribution in [-0.4, -0.2) is 37.7 Å². The van der Waals surface area contributed by atoms with Crippen molar-refractivity contribution in [3.8, 4) is 0 Å². The molecule has 0 atom stereocenters. The van der Waals surface area contributed by atoms with E-state index in [1.54, 1.807) is 0 Å². The van der Waals surface area contributed by atoms with E-state index in [2.05, 4.69) is 25.4 Å². The number of nitrogens with zero attached hydrogens (tertiary/aromatic N) is 2. The molecule has 0 aliphatic carbocycles. The van der Waals surface area contributed by atoms with Gasteiger partial charge in [-0.2, -0.15) is 4.98 Å². The van der Waals surface area contributed by atoms with Crippen molar-refractivity contribution in [3.63, 3.8) is 0 Å². The van der Waals surface area contributed by atoms with Gasteiger partial charge in [0.05, 0.1) is 12.5 Å². The number of rotatable bonds is 7. The van der Waals surface area contributed by atoms with Gasteiger partial charge in [0.15, 0.2) is 11.6 Å². The minimum Gasteiger partial charge on any atom is -0.367 e. The van der Waals surface area contributed by atoms with Crippen molar-refractivity contribution in [3.05, 3.63) is 12.0 Å². The molecule has 0 fully saturated rings. The van der Waals surface area contributed by atoms with E-state index in [1.807, 2.05) is 0 Å². The van der Waals surface area contributed by atoms with E-state index in [-0.39, 0.29) is 18.3 Å². The van der Waals surface area contributed by atoms with Crippen molar-refractivity contribution in [1.29, 1.82) is 0 Å². The van der Waals surface area contributed by atoms with Gasteiger partial charge in [0.25, 0.3) is 0 Å². The molecule has 5 N–H and O–H groups in total. The van der Waals surface area contributed by atoms with Gasteiger partial charge in [0.2, 0.25) is 16.0 Å². The fourth-order valence-corrected chi connectivity index (χ4v) is 1.63. The van der Waals surface area contributed by atoms with Crippen molar-refractivity contribution in [1.82, 2.24) is 14.7 Å². The van der Waals surface area contributed by atoms with Crippen LogP contribution in [0.1, 0.15) is 6.42 Å². The second kappa shape index (κ2) is 6.42. The Bertz CT molecular complexity index is 494. The summed E-state index contributed by atoms with van der Waals surface area (Å²) in [5, 5.41) is 2.72. The average Bonchev–Trinajstić information content (AvgIpc) is 2.29. The standard InChI is InChI=1S/C8H15FN6O2S/c1-18(16,17)13-4-2-3-11-7-6(9)5-12-8(14-7)15-10/h5,13H,2-4,10H2,1H3,(H2,11,12,14,15). The Morgan fingerprint density at radius 3 is 2.78 bits per heavy atom. The number of nitrogens with two attached hydrogens (primary N) is 1. The Hall–Kier alpha value is -1.52. The summed E-state index contributed by atoms with van der Waals surface area (Å²) in [4.78, 5) is 7.35. The molecular weight excluding hydrogens is 263 g/mol. The molecule has 0 unspecified atom stereocenters. The SMILES string of the molecule is CS(=O)(=O)NCCCNc1nc(NN)ncc1F. The number of halogens is 1. The van der Waals surface area contributed by atoms with Gasteiger partial charge in [-0.25, -0.2) is 28.4 Å². The number of nitrogen functional groups attached to an aromatic ring is 1. The maximum atomic E-state index is 13.2. The van der Waals surface area contributed by atoms with E-state index in [0.29, 0.717) is 13.0 Å². The third-order valence-corrected chi connectivity index (χ3v) is 2.61. The maximum Gasteiger partial charge on any atom is 0.239 e. The minimum atomic E-state index is -3.19. The molecule has 0 saturated carbocycles. The van der Waals surface area contributed by atoms with Crippen LogP contribution in [0, 0.1) is 5.82 Å². The molecular formula is C8H15FN6O2S. The number of anilines is 2. The topological polar surface area (TPSA) is 122 Å². The average molecular weight is 278 g/mol. The van der Waals surface area contributed by atoms with Crippen LogP contribution in [-0.2, 0) is 10.0 Å². The quantitative estimate of drug-likeness (QED) is 0.294. The predicted octanol–water partition coefficient (Wildman–Crippen LogP) is -0.747. The van der Waals surface area contributed by atoms with Crippen LogP contribution in [0.15, 0.2) is 6.20 Å². The zero-order chi connectivity index (χ0) is 13.6. The van der Waals surface area contributed by atoms with Gasteiger partial charge in [-0.05, 0) is 6.42 Å². The molecule has 0 radical (unpaired) electrons. The van der Waals surface area contributed by atoms with Crippen molar-refractivity contribution in [2.45, 2.75) is 6.42 Å². The molecule has 102 valence electrons. The number of hydrogen-bond acceptors (Lipinski definition) is 7. The maximum absolute atomic E-state index is 13.2. The van der Waals surface area contributed by atoms with E-state index < -0.39 is 15.8 Å². The fraction of sp³-hybridized carbons (Fsp3) is 0.500. The molecule has 0 aromatic carbocycles. The highest BCUT2D eigenvalue weighted by atomic mass is 32.2. The Kier molecular flexibility index (Phi) is 5.19. The van der Waals surface area contributed by atoms with Gasteiger partial charge < -0.3 is 5.32 Å². The number of nitrogens with one attached hydrogen (secondary N) is 3. The van der Waals surface area contributed by atoms with Gasteiger partial charge in [-0.3, -0.25) is 5.43 Å². The van der Waals surface area contributed by atoms with Crippen molar-refractivity contribution >= 4 is 21.8 Å². The van der Waals surface area contributed by atoms with Gasteiger partial charge in [-0.15, -0.1) is 0 Å². The molecule has 0 spiro atoms.